The van der Waals surface area contributed by atoms with Crippen LogP contribution in [0.1, 0.15) is 32.1 Å². The Kier molecular flexibility index (Phi) is 4.14. The van der Waals surface area contributed by atoms with E-state index in [1.54, 1.807) is 0 Å². The first-order valence-corrected chi connectivity index (χ1v) is 7.02. The van der Waals surface area contributed by atoms with Crippen LogP contribution in [0.4, 0.5) is 0 Å². The van der Waals surface area contributed by atoms with Crippen LogP contribution in [-0.4, -0.2) is 41.6 Å². The van der Waals surface area contributed by atoms with Gasteiger partial charge in [-0.2, -0.15) is 11.8 Å². The van der Waals surface area contributed by atoms with Gasteiger partial charge in [0.25, 0.3) is 0 Å². The van der Waals surface area contributed by atoms with E-state index in [4.69, 9.17) is 5.73 Å². The van der Waals surface area contributed by atoms with Crippen LogP contribution in [0.5, 0.6) is 0 Å². The molecule has 2 fully saturated rings. The third kappa shape index (κ3) is 2.44. The van der Waals surface area contributed by atoms with Crippen LogP contribution < -0.4 is 5.73 Å². The predicted molar refractivity (Wildman–Crippen MR) is 63.7 cm³/mol. The van der Waals surface area contributed by atoms with Crippen molar-refractivity contribution in [2.45, 2.75) is 43.4 Å². The lowest BCUT2D eigenvalue weighted by Crippen LogP contribution is -2.48. The van der Waals surface area contributed by atoms with Gasteiger partial charge in [0.05, 0.1) is 0 Å². The summed E-state index contributed by atoms with van der Waals surface area (Å²) >= 11 is 2.15. The molecule has 0 aromatic heterocycles. The molecule has 0 saturated carbocycles. The van der Waals surface area contributed by atoms with Gasteiger partial charge in [0.15, 0.2) is 0 Å². The van der Waals surface area contributed by atoms with Crippen LogP contribution in [0, 0.1) is 0 Å². The van der Waals surface area contributed by atoms with E-state index in [1.165, 1.54) is 50.9 Å². The summed E-state index contributed by atoms with van der Waals surface area (Å²) in [6.45, 7) is 3.44. The Morgan fingerprint density at radius 1 is 1.21 bits per heavy atom. The minimum atomic E-state index is 0.669. The van der Waals surface area contributed by atoms with Gasteiger partial charge < -0.3 is 5.73 Å². The lowest BCUT2D eigenvalue weighted by Gasteiger charge is -2.36. The molecule has 2 rings (SSSR count). The summed E-state index contributed by atoms with van der Waals surface area (Å²) in [5, 5.41) is 0.832. The zero-order valence-electron chi connectivity index (χ0n) is 8.95. The van der Waals surface area contributed by atoms with E-state index in [2.05, 4.69) is 16.7 Å². The highest BCUT2D eigenvalue weighted by molar-refractivity contribution is 8.00. The van der Waals surface area contributed by atoms with Gasteiger partial charge in [-0.15, -0.1) is 0 Å². The molecule has 2 heterocycles. The normalized spacial score (nSPS) is 31.9. The van der Waals surface area contributed by atoms with Crippen LogP contribution in [0.15, 0.2) is 0 Å². The Bertz CT molecular complexity index is 163. The van der Waals surface area contributed by atoms with Crippen LogP contribution in [0.3, 0.4) is 0 Å². The van der Waals surface area contributed by atoms with Crippen molar-refractivity contribution in [3.63, 3.8) is 0 Å². The minimum Gasteiger partial charge on any atom is -0.329 e. The van der Waals surface area contributed by atoms with Crippen molar-refractivity contribution < 1.29 is 0 Å². The Hall–Kier alpha value is 0.270. The summed E-state index contributed by atoms with van der Waals surface area (Å²) < 4.78 is 0. The van der Waals surface area contributed by atoms with E-state index < -0.39 is 0 Å². The quantitative estimate of drug-likeness (QED) is 0.775. The number of piperidine rings is 1. The second-order valence-corrected chi connectivity index (χ2v) is 5.80. The van der Waals surface area contributed by atoms with Gasteiger partial charge in [-0.3, -0.25) is 4.90 Å². The molecule has 3 heteroatoms. The summed E-state index contributed by atoms with van der Waals surface area (Å²) in [5.41, 5.74) is 5.93. The smallest absolute Gasteiger partial charge is 0.0337 e. The summed E-state index contributed by atoms with van der Waals surface area (Å²) in [4.78, 5) is 2.65. The second kappa shape index (κ2) is 5.38. The topological polar surface area (TPSA) is 29.3 Å². The van der Waals surface area contributed by atoms with Crippen molar-refractivity contribution >= 4 is 11.8 Å². The maximum atomic E-state index is 5.93. The Morgan fingerprint density at radius 3 is 2.57 bits per heavy atom. The van der Waals surface area contributed by atoms with E-state index in [-0.39, 0.29) is 0 Å². The number of likely N-dealkylation sites (tertiary alicyclic amines) is 1. The predicted octanol–water partition coefficient (Wildman–Crippen LogP) is 1.70. The fraction of sp³-hybridized carbons (Fsp3) is 1.00. The molecule has 0 radical (unpaired) electrons. The molecule has 2 atom stereocenters. The molecule has 0 spiro atoms. The summed E-state index contributed by atoms with van der Waals surface area (Å²) in [5.74, 6) is 1.36. The number of hydrogen-bond acceptors (Lipinski definition) is 3. The van der Waals surface area contributed by atoms with Crippen molar-refractivity contribution in [2.75, 3.05) is 25.4 Å². The van der Waals surface area contributed by atoms with Crippen molar-refractivity contribution in [1.29, 1.82) is 0 Å². The van der Waals surface area contributed by atoms with E-state index in [0.29, 0.717) is 6.04 Å². The van der Waals surface area contributed by atoms with Crippen molar-refractivity contribution in [3.05, 3.63) is 0 Å². The van der Waals surface area contributed by atoms with E-state index in [9.17, 15) is 0 Å². The largest absolute Gasteiger partial charge is 0.329 e. The molecule has 14 heavy (non-hydrogen) atoms. The molecule has 0 amide bonds. The highest BCUT2D eigenvalue weighted by Gasteiger charge is 2.29. The zero-order chi connectivity index (χ0) is 9.80. The fourth-order valence-electron chi connectivity index (χ4n) is 2.69. The molecular weight excluding hydrogens is 192 g/mol. The lowest BCUT2D eigenvalue weighted by atomic mass is 10.0. The number of nitrogens with zero attached hydrogens (tertiary/aromatic N) is 1. The first-order valence-electron chi connectivity index (χ1n) is 5.97. The SMILES string of the molecule is NCC(C1CCCS1)N1CCCCC1. The number of hydrogen-bond donors (Lipinski definition) is 1. The van der Waals surface area contributed by atoms with Crippen molar-refractivity contribution in [3.8, 4) is 0 Å². The third-order valence-electron chi connectivity index (χ3n) is 3.50. The summed E-state index contributed by atoms with van der Waals surface area (Å²) in [6.07, 6.45) is 6.98. The zero-order valence-corrected chi connectivity index (χ0v) is 9.77. The monoisotopic (exact) mass is 214 g/mol. The van der Waals surface area contributed by atoms with Crippen LogP contribution in [-0.2, 0) is 0 Å². The molecule has 0 aromatic rings. The average molecular weight is 214 g/mol. The van der Waals surface area contributed by atoms with Gasteiger partial charge >= 0.3 is 0 Å². The molecule has 2 aliphatic heterocycles. The highest BCUT2D eigenvalue weighted by atomic mass is 32.2. The number of rotatable bonds is 3. The molecule has 0 aromatic carbocycles. The molecule has 0 bridgehead atoms. The van der Waals surface area contributed by atoms with Crippen LogP contribution in [0.25, 0.3) is 0 Å². The van der Waals surface area contributed by atoms with Gasteiger partial charge in [-0.1, -0.05) is 6.42 Å². The van der Waals surface area contributed by atoms with E-state index in [1.807, 2.05) is 0 Å². The average Bonchev–Trinajstić information content (AvgIpc) is 2.74. The maximum Gasteiger partial charge on any atom is 0.0337 e. The Labute approximate surface area is 91.6 Å². The first kappa shape index (κ1) is 10.8. The number of thioether (sulfide) groups is 1. The van der Waals surface area contributed by atoms with Crippen LogP contribution >= 0.6 is 11.8 Å². The van der Waals surface area contributed by atoms with Gasteiger partial charge in [0, 0.05) is 17.8 Å². The number of nitrogens with two attached hydrogens (primary N) is 1. The summed E-state index contributed by atoms with van der Waals surface area (Å²) in [6, 6.07) is 0.669. The molecule has 2 nitrogen and oxygen atoms in total. The molecular formula is C11H22N2S. The Balaban J connectivity index is 1.89. The first-order chi connectivity index (χ1) is 6.92. The molecule has 2 saturated heterocycles. The summed E-state index contributed by atoms with van der Waals surface area (Å²) in [7, 11) is 0. The molecule has 2 aliphatic rings. The second-order valence-electron chi connectivity index (χ2n) is 4.45. The molecule has 2 unspecified atom stereocenters. The van der Waals surface area contributed by atoms with Gasteiger partial charge in [0.2, 0.25) is 0 Å². The molecule has 0 aliphatic carbocycles. The highest BCUT2D eigenvalue weighted by Crippen LogP contribution is 2.31. The van der Waals surface area contributed by atoms with Gasteiger partial charge in [-0.05, 0) is 44.5 Å². The lowest BCUT2D eigenvalue weighted by molar-refractivity contribution is 0.163. The Morgan fingerprint density at radius 2 is 2.00 bits per heavy atom. The van der Waals surface area contributed by atoms with E-state index >= 15 is 0 Å². The van der Waals surface area contributed by atoms with E-state index in [0.717, 1.165) is 11.8 Å². The van der Waals surface area contributed by atoms with Gasteiger partial charge in [0.1, 0.15) is 0 Å². The third-order valence-corrected chi connectivity index (χ3v) is 5.00. The van der Waals surface area contributed by atoms with Gasteiger partial charge in [-0.25, -0.2) is 0 Å². The fourth-order valence-corrected chi connectivity index (χ4v) is 4.17. The van der Waals surface area contributed by atoms with Crippen LogP contribution in [0.2, 0.25) is 0 Å². The van der Waals surface area contributed by atoms with Crippen molar-refractivity contribution in [1.82, 2.24) is 4.90 Å². The minimum absolute atomic E-state index is 0.669. The molecule has 2 N–H and O–H groups in total. The van der Waals surface area contributed by atoms with Crippen molar-refractivity contribution in [2.24, 2.45) is 5.73 Å². The molecule has 82 valence electrons. The maximum absolute atomic E-state index is 5.93. The standard InChI is InChI=1S/C11H22N2S/c12-9-10(11-5-4-8-14-11)13-6-2-1-3-7-13/h10-11H,1-9,12H2.